The summed E-state index contributed by atoms with van der Waals surface area (Å²) < 4.78 is 45.4. The maximum absolute atomic E-state index is 13.6. The number of rotatable bonds is 8. The summed E-state index contributed by atoms with van der Waals surface area (Å²) in [6.07, 6.45) is -0.734. The first kappa shape index (κ1) is 29.9. The van der Waals surface area contributed by atoms with Crippen molar-refractivity contribution in [3.05, 3.63) is 83.4 Å². The van der Waals surface area contributed by atoms with Crippen LogP contribution in [0, 0.1) is 5.92 Å². The number of hydrogen-bond acceptors (Lipinski definition) is 7. The van der Waals surface area contributed by atoms with Crippen molar-refractivity contribution in [3.8, 4) is 5.75 Å². The van der Waals surface area contributed by atoms with E-state index in [1.54, 1.807) is 30.0 Å². The highest BCUT2D eigenvalue weighted by Gasteiger charge is 2.35. The fourth-order valence-corrected chi connectivity index (χ4v) is 4.64. The summed E-state index contributed by atoms with van der Waals surface area (Å²) in [6, 6.07) is 9.38. The van der Waals surface area contributed by atoms with Crippen LogP contribution < -0.4 is 10.1 Å². The Labute approximate surface area is 236 Å². The first-order valence-corrected chi connectivity index (χ1v) is 13.1. The molecule has 3 atom stereocenters. The lowest BCUT2D eigenvalue weighted by Crippen LogP contribution is -2.49. The molecule has 0 fully saturated rings. The smallest absolute Gasteiger partial charge is 0.416 e. The highest BCUT2D eigenvalue weighted by Crippen LogP contribution is 2.35. The summed E-state index contributed by atoms with van der Waals surface area (Å²) in [4.78, 5) is 38.0. The quantitative estimate of drug-likeness (QED) is 0.419. The van der Waals surface area contributed by atoms with E-state index >= 15 is 0 Å². The second-order valence-corrected chi connectivity index (χ2v) is 10.2. The Kier molecular flexibility index (Phi) is 9.24. The Morgan fingerprint density at radius 3 is 2.59 bits per heavy atom. The van der Waals surface area contributed by atoms with Gasteiger partial charge >= 0.3 is 6.18 Å². The molecule has 2 heterocycles. The van der Waals surface area contributed by atoms with Gasteiger partial charge in [-0.3, -0.25) is 19.5 Å². The summed E-state index contributed by atoms with van der Waals surface area (Å²) in [5.41, 5.74) is 0.564. The predicted octanol–water partition coefficient (Wildman–Crippen LogP) is 4.10. The molecule has 3 aromatic rings. The molecule has 0 unspecified atom stereocenters. The van der Waals surface area contributed by atoms with E-state index in [1.807, 2.05) is 18.9 Å². The first-order valence-electron chi connectivity index (χ1n) is 13.1. The number of alkyl halides is 3. The van der Waals surface area contributed by atoms with E-state index in [0.29, 0.717) is 25.2 Å². The number of para-hydroxylation sites is 1. The number of fused-ring (bicyclic) bond motifs is 1. The van der Waals surface area contributed by atoms with Crippen LogP contribution in [0.25, 0.3) is 0 Å². The van der Waals surface area contributed by atoms with Crippen molar-refractivity contribution < 1.29 is 32.6 Å². The average molecular weight is 572 g/mol. The van der Waals surface area contributed by atoms with Crippen LogP contribution in [0.1, 0.15) is 45.8 Å². The molecule has 2 N–H and O–H groups in total. The maximum Gasteiger partial charge on any atom is 0.416 e. The zero-order valence-corrected chi connectivity index (χ0v) is 22.9. The molecule has 0 spiro atoms. The Hall–Kier alpha value is -4.03. The van der Waals surface area contributed by atoms with Gasteiger partial charge in [-0.2, -0.15) is 13.2 Å². The number of halogens is 3. The van der Waals surface area contributed by atoms with Gasteiger partial charge in [0.05, 0.1) is 35.7 Å². The molecular weight excluding hydrogens is 539 g/mol. The summed E-state index contributed by atoms with van der Waals surface area (Å²) in [6.45, 7) is 4.46. The molecule has 0 saturated carbocycles. The van der Waals surface area contributed by atoms with Gasteiger partial charge in [0.2, 0.25) is 0 Å². The number of nitrogens with zero attached hydrogens (tertiary/aromatic N) is 4. The molecule has 0 radical (unpaired) electrons. The molecule has 2 amide bonds. The summed E-state index contributed by atoms with van der Waals surface area (Å²) in [5.74, 6) is -0.904. The average Bonchev–Trinajstić information content (AvgIpc) is 2.95. The number of likely N-dealkylation sites (N-methyl/N-ethyl adjacent to an activating group) is 1. The third-order valence-corrected chi connectivity index (χ3v) is 6.96. The zero-order chi connectivity index (χ0) is 29.7. The van der Waals surface area contributed by atoms with Crippen molar-refractivity contribution in [1.29, 1.82) is 0 Å². The number of nitrogens with one attached hydrogen (secondary N) is 1. The predicted molar refractivity (Wildman–Crippen MR) is 145 cm³/mol. The van der Waals surface area contributed by atoms with Crippen LogP contribution in [0.5, 0.6) is 5.75 Å². The number of aliphatic hydroxyl groups is 1. The van der Waals surface area contributed by atoms with E-state index < -0.39 is 29.8 Å². The van der Waals surface area contributed by atoms with Crippen molar-refractivity contribution >= 4 is 17.5 Å². The lowest BCUT2D eigenvalue weighted by molar-refractivity contribution is -0.137. The molecule has 41 heavy (non-hydrogen) atoms. The number of ether oxygens (including phenoxy) is 1. The van der Waals surface area contributed by atoms with Crippen molar-refractivity contribution in [2.24, 2.45) is 5.92 Å². The van der Waals surface area contributed by atoms with Crippen molar-refractivity contribution in [2.75, 3.05) is 32.1 Å². The third-order valence-electron chi connectivity index (χ3n) is 6.96. The molecule has 0 bridgehead atoms. The largest absolute Gasteiger partial charge is 0.486 e. The highest BCUT2D eigenvalue weighted by molar-refractivity contribution is 6.06. The van der Waals surface area contributed by atoms with Gasteiger partial charge in [-0.25, -0.2) is 4.98 Å². The zero-order valence-electron chi connectivity index (χ0n) is 22.9. The molecule has 0 aliphatic carbocycles. The maximum atomic E-state index is 13.6. The normalized spacial score (nSPS) is 18.2. The van der Waals surface area contributed by atoms with Gasteiger partial charge in [-0.05, 0) is 43.8 Å². The van der Waals surface area contributed by atoms with Crippen LogP contribution in [0.15, 0.2) is 61.1 Å². The van der Waals surface area contributed by atoms with Crippen LogP contribution >= 0.6 is 0 Å². The number of amides is 2. The van der Waals surface area contributed by atoms with Crippen LogP contribution in [0.4, 0.5) is 18.9 Å². The van der Waals surface area contributed by atoms with E-state index in [4.69, 9.17) is 4.74 Å². The number of aliphatic hydroxyl groups excluding tert-OH is 1. The number of carbonyl (C=O) groups is 2. The van der Waals surface area contributed by atoms with Crippen LogP contribution in [-0.2, 0) is 12.7 Å². The second-order valence-electron chi connectivity index (χ2n) is 10.2. The van der Waals surface area contributed by atoms with Gasteiger partial charge in [0.25, 0.3) is 11.8 Å². The van der Waals surface area contributed by atoms with Crippen molar-refractivity contribution in [2.45, 2.75) is 38.7 Å². The number of aromatic nitrogens is 2. The van der Waals surface area contributed by atoms with E-state index in [9.17, 15) is 27.9 Å². The minimum Gasteiger partial charge on any atom is -0.486 e. The summed E-state index contributed by atoms with van der Waals surface area (Å²) in [5, 5.41) is 12.6. The number of benzene rings is 2. The minimum atomic E-state index is -4.41. The van der Waals surface area contributed by atoms with Gasteiger partial charge in [-0.1, -0.05) is 25.1 Å². The third kappa shape index (κ3) is 7.19. The SMILES string of the molecule is C[C@H]1CN([C@@H](C)CO)C(=O)c2cccc(NC(=O)c3cnccn3)c2O[C@@H]1CN(C)Cc1ccc(C(F)(F)F)cc1. The fraction of sp³-hybridized carbons (Fsp3) is 0.379. The molecule has 1 aliphatic rings. The fourth-order valence-electron chi connectivity index (χ4n) is 4.64. The van der Waals surface area contributed by atoms with Crippen molar-refractivity contribution in [1.82, 2.24) is 19.8 Å². The minimum absolute atomic E-state index is 0.0824. The van der Waals surface area contributed by atoms with Crippen LogP contribution in [0.2, 0.25) is 0 Å². The molecule has 0 saturated heterocycles. The van der Waals surface area contributed by atoms with Gasteiger partial charge in [-0.15, -0.1) is 0 Å². The first-order chi connectivity index (χ1) is 19.5. The summed E-state index contributed by atoms with van der Waals surface area (Å²) >= 11 is 0. The van der Waals surface area contributed by atoms with Crippen molar-refractivity contribution in [3.63, 3.8) is 0 Å². The lowest BCUT2D eigenvalue weighted by Gasteiger charge is -2.38. The summed E-state index contributed by atoms with van der Waals surface area (Å²) in [7, 11) is 1.83. The van der Waals surface area contributed by atoms with Gasteiger partial charge < -0.3 is 20.1 Å². The highest BCUT2D eigenvalue weighted by atomic mass is 19.4. The van der Waals surface area contributed by atoms with E-state index in [1.165, 1.54) is 30.7 Å². The molecule has 12 heteroatoms. The molecule has 2 aromatic carbocycles. The molecule has 1 aromatic heterocycles. The molecule has 9 nitrogen and oxygen atoms in total. The van der Waals surface area contributed by atoms with E-state index in [2.05, 4.69) is 15.3 Å². The molecule has 1 aliphatic heterocycles. The Morgan fingerprint density at radius 2 is 1.95 bits per heavy atom. The number of carbonyl (C=O) groups excluding carboxylic acids is 2. The second kappa shape index (κ2) is 12.6. The Morgan fingerprint density at radius 1 is 1.22 bits per heavy atom. The molecular formula is C29H32F3N5O4. The van der Waals surface area contributed by atoms with Gasteiger partial charge in [0, 0.05) is 37.9 Å². The monoisotopic (exact) mass is 571 g/mol. The standard InChI is InChI=1S/C29H32F3N5O4/c1-18-14-37(19(2)17-38)28(40)22-5-4-6-23(35-27(39)24-13-33-11-12-34-24)26(22)41-25(18)16-36(3)15-20-7-9-21(10-8-20)29(30,31)32/h4-13,18-19,25,38H,14-17H2,1-3H3,(H,35,39)/t18-,19-,25+/m0/s1. The number of hydrogen-bond donors (Lipinski definition) is 2. The van der Waals surface area contributed by atoms with Crippen LogP contribution in [-0.4, -0.2) is 75.6 Å². The molecule has 4 rings (SSSR count). The van der Waals surface area contributed by atoms with E-state index in [-0.39, 0.29) is 41.1 Å². The molecule has 218 valence electrons. The topological polar surface area (TPSA) is 108 Å². The lowest BCUT2D eigenvalue weighted by atomic mass is 9.98. The van der Waals surface area contributed by atoms with E-state index in [0.717, 1.165) is 12.1 Å². The van der Waals surface area contributed by atoms with Crippen LogP contribution in [0.3, 0.4) is 0 Å². The number of anilines is 1. The van der Waals surface area contributed by atoms with Gasteiger partial charge in [0.1, 0.15) is 11.8 Å². The Bertz CT molecular complexity index is 1350. The van der Waals surface area contributed by atoms with Gasteiger partial charge in [0.15, 0.2) is 5.75 Å². The Balaban J connectivity index is 1.63.